The molecule has 1 saturated carbocycles. The van der Waals surface area contributed by atoms with Crippen molar-refractivity contribution in [3.63, 3.8) is 0 Å². The number of carbonyl (C=O) groups is 3. The third kappa shape index (κ3) is 4.33. The van der Waals surface area contributed by atoms with E-state index in [9.17, 15) is 19.5 Å². The standard InChI is InChI=1S/C25H28N2O5/c1-16(14-22(28)27-25(23(29)30)12-6-7-13-25)26-24(31)32-15-21-19-10-4-2-8-17(19)18-9-3-5-11-20(18)21/h2-5,8-11,16,21H,6-7,12-15H2,1H3,(H,26,31)(H,27,28)(H,29,30)/t16-/m0/s1. The second-order valence-electron chi connectivity index (χ2n) is 8.72. The SMILES string of the molecule is C[C@@H](CC(=O)NC1(C(=O)O)CCCC1)NC(=O)OCC1c2ccccc2-c2ccccc21. The van der Waals surface area contributed by atoms with Crippen molar-refractivity contribution in [2.75, 3.05) is 6.61 Å². The molecule has 2 amide bonds. The second-order valence-corrected chi connectivity index (χ2v) is 8.72. The molecule has 0 aromatic heterocycles. The van der Waals surface area contributed by atoms with E-state index in [1.807, 2.05) is 24.3 Å². The minimum absolute atomic E-state index is 0.0147. The Hall–Kier alpha value is -3.35. The zero-order valence-corrected chi connectivity index (χ0v) is 18.1. The minimum atomic E-state index is -1.18. The van der Waals surface area contributed by atoms with Crippen LogP contribution in [0.5, 0.6) is 0 Å². The molecule has 2 aliphatic carbocycles. The lowest BCUT2D eigenvalue weighted by atomic mass is 9.97. The van der Waals surface area contributed by atoms with Crippen LogP contribution in [0.4, 0.5) is 4.79 Å². The highest BCUT2D eigenvalue weighted by molar-refractivity contribution is 5.87. The summed E-state index contributed by atoms with van der Waals surface area (Å²) in [5, 5.41) is 14.8. The van der Waals surface area contributed by atoms with Crippen molar-refractivity contribution in [2.24, 2.45) is 0 Å². The Balaban J connectivity index is 1.31. The van der Waals surface area contributed by atoms with Crippen molar-refractivity contribution in [3.8, 4) is 11.1 Å². The van der Waals surface area contributed by atoms with E-state index >= 15 is 0 Å². The molecule has 1 atom stereocenters. The zero-order chi connectivity index (χ0) is 22.7. The normalized spacial score (nSPS) is 17.2. The van der Waals surface area contributed by atoms with Crippen LogP contribution in [0.2, 0.25) is 0 Å². The number of fused-ring (bicyclic) bond motifs is 3. The first-order valence-corrected chi connectivity index (χ1v) is 11.1. The molecule has 2 aliphatic rings. The van der Waals surface area contributed by atoms with Crippen molar-refractivity contribution >= 4 is 18.0 Å². The molecule has 1 fully saturated rings. The maximum absolute atomic E-state index is 12.4. The Kier molecular flexibility index (Phi) is 6.17. The average molecular weight is 437 g/mol. The molecule has 7 heteroatoms. The Morgan fingerprint density at radius 3 is 2.16 bits per heavy atom. The van der Waals surface area contributed by atoms with Crippen LogP contribution in [-0.2, 0) is 14.3 Å². The number of rotatable bonds is 7. The van der Waals surface area contributed by atoms with E-state index in [0.717, 1.165) is 35.1 Å². The first-order valence-electron chi connectivity index (χ1n) is 11.1. The predicted molar refractivity (Wildman–Crippen MR) is 119 cm³/mol. The molecule has 0 radical (unpaired) electrons. The first-order chi connectivity index (χ1) is 15.4. The number of carbonyl (C=O) groups excluding carboxylic acids is 2. The van der Waals surface area contributed by atoms with Crippen LogP contribution in [0.1, 0.15) is 56.1 Å². The molecule has 2 aromatic rings. The molecular weight excluding hydrogens is 408 g/mol. The van der Waals surface area contributed by atoms with E-state index in [0.29, 0.717) is 12.8 Å². The number of benzene rings is 2. The largest absolute Gasteiger partial charge is 0.480 e. The van der Waals surface area contributed by atoms with E-state index in [2.05, 4.69) is 34.9 Å². The number of amides is 2. The molecule has 3 N–H and O–H groups in total. The summed E-state index contributed by atoms with van der Waals surface area (Å²) in [7, 11) is 0. The number of alkyl carbamates (subject to hydrolysis) is 1. The summed E-state index contributed by atoms with van der Waals surface area (Å²) in [5.41, 5.74) is 3.39. The lowest BCUT2D eigenvalue weighted by molar-refractivity contribution is -0.147. The highest BCUT2D eigenvalue weighted by Gasteiger charge is 2.42. The molecule has 0 saturated heterocycles. The maximum atomic E-state index is 12.4. The monoisotopic (exact) mass is 436 g/mol. The van der Waals surface area contributed by atoms with Crippen LogP contribution in [0.15, 0.2) is 48.5 Å². The van der Waals surface area contributed by atoms with Gasteiger partial charge in [0.05, 0.1) is 0 Å². The van der Waals surface area contributed by atoms with Gasteiger partial charge in [-0.05, 0) is 42.0 Å². The molecule has 7 nitrogen and oxygen atoms in total. The average Bonchev–Trinajstić information content (AvgIpc) is 3.36. The number of aliphatic carboxylic acids is 1. The summed E-state index contributed by atoms with van der Waals surface area (Å²) in [6.07, 6.45) is 1.81. The van der Waals surface area contributed by atoms with Crippen LogP contribution in [0, 0.1) is 0 Å². The highest BCUT2D eigenvalue weighted by Crippen LogP contribution is 2.44. The number of hydrogen-bond donors (Lipinski definition) is 3. The van der Waals surface area contributed by atoms with Gasteiger partial charge in [0.1, 0.15) is 12.1 Å². The summed E-state index contributed by atoms with van der Waals surface area (Å²) < 4.78 is 5.51. The smallest absolute Gasteiger partial charge is 0.407 e. The van der Waals surface area contributed by atoms with Crippen molar-refractivity contribution in [1.82, 2.24) is 10.6 Å². The fourth-order valence-corrected chi connectivity index (χ4v) is 4.86. The molecule has 32 heavy (non-hydrogen) atoms. The summed E-state index contributed by atoms with van der Waals surface area (Å²) >= 11 is 0. The van der Waals surface area contributed by atoms with E-state index in [1.165, 1.54) is 0 Å². The van der Waals surface area contributed by atoms with Gasteiger partial charge in [0, 0.05) is 18.4 Å². The Morgan fingerprint density at radius 1 is 1.03 bits per heavy atom. The third-order valence-electron chi connectivity index (χ3n) is 6.44. The summed E-state index contributed by atoms with van der Waals surface area (Å²) in [6, 6.07) is 15.7. The van der Waals surface area contributed by atoms with Crippen LogP contribution in [0.3, 0.4) is 0 Å². The van der Waals surface area contributed by atoms with Gasteiger partial charge in [-0.1, -0.05) is 61.4 Å². The third-order valence-corrected chi connectivity index (χ3v) is 6.44. The van der Waals surface area contributed by atoms with Gasteiger partial charge in [0.25, 0.3) is 0 Å². The number of carboxylic acid groups (broad SMARTS) is 1. The van der Waals surface area contributed by atoms with E-state index in [-0.39, 0.29) is 24.9 Å². The van der Waals surface area contributed by atoms with Crippen molar-refractivity contribution in [1.29, 1.82) is 0 Å². The maximum Gasteiger partial charge on any atom is 0.407 e. The molecule has 0 heterocycles. The predicted octanol–water partition coefficient (Wildman–Crippen LogP) is 3.82. The van der Waals surface area contributed by atoms with Gasteiger partial charge < -0.3 is 20.5 Å². The van der Waals surface area contributed by atoms with Crippen LogP contribution in [0.25, 0.3) is 11.1 Å². The number of ether oxygens (including phenoxy) is 1. The van der Waals surface area contributed by atoms with Crippen LogP contribution in [-0.4, -0.2) is 41.3 Å². The quantitative estimate of drug-likeness (QED) is 0.612. The molecule has 0 bridgehead atoms. The lowest BCUT2D eigenvalue weighted by Crippen LogP contribution is -2.53. The van der Waals surface area contributed by atoms with Crippen LogP contribution < -0.4 is 10.6 Å². The number of carboxylic acids is 1. The van der Waals surface area contributed by atoms with Gasteiger partial charge in [-0.15, -0.1) is 0 Å². The van der Waals surface area contributed by atoms with Gasteiger partial charge in [0.2, 0.25) is 5.91 Å². The zero-order valence-electron chi connectivity index (χ0n) is 18.1. The van der Waals surface area contributed by atoms with Gasteiger partial charge in [0.15, 0.2) is 0 Å². The fraction of sp³-hybridized carbons (Fsp3) is 0.400. The van der Waals surface area contributed by atoms with Gasteiger partial charge in [-0.25, -0.2) is 9.59 Å². The minimum Gasteiger partial charge on any atom is -0.480 e. The molecule has 0 unspecified atom stereocenters. The summed E-state index contributed by atoms with van der Waals surface area (Å²) in [4.78, 5) is 36.4. The Bertz CT molecular complexity index is 983. The Morgan fingerprint density at radius 2 is 1.59 bits per heavy atom. The number of nitrogens with one attached hydrogen (secondary N) is 2. The van der Waals surface area contributed by atoms with Gasteiger partial charge in [-0.2, -0.15) is 0 Å². The van der Waals surface area contributed by atoms with Gasteiger partial charge in [-0.3, -0.25) is 4.79 Å². The number of hydrogen-bond acceptors (Lipinski definition) is 4. The van der Waals surface area contributed by atoms with Crippen molar-refractivity contribution in [3.05, 3.63) is 59.7 Å². The van der Waals surface area contributed by atoms with Gasteiger partial charge >= 0.3 is 12.1 Å². The molecular formula is C25H28N2O5. The summed E-state index contributed by atoms with van der Waals surface area (Å²) in [6.45, 7) is 1.89. The van der Waals surface area contributed by atoms with Crippen molar-refractivity contribution < 1.29 is 24.2 Å². The van der Waals surface area contributed by atoms with E-state index in [1.54, 1.807) is 6.92 Å². The second kappa shape index (κ2) is 9.02. The fourth-order valence-electron chi connectivity index (χ4n) is 4.86. The summed E-state index contributed by atoms with van der Waals surface area (Å²) in [5.74, 6) is -1.43. The Labute approximate surface area is 187 Å². The topological polar surface area (TPSA) is 105 Å². The highest BCUT2D eigenvalue weighted by atomic mass is 16.5. The lowest BCUT2D eigenvalue weighted by Gasteiger charge is -2.26. The molecule has 0 spiro atoms. The molecule has 4 rings (SSSR count). The van der Waals surface area contributed by atoms with E-state index < -0.39 is 23.6 Å². The molecule has 0 aliphatic heterocycles. The molecule has 2 aromatic carbocycles. The van der Waals surface area contributed by atoms with Crippen molar-refractivity contribution in [2.45, 2.75) is 56.5 Å². The molecule has 168 valence electrons. The van der Waals surface area contributed by atoms with Crippen LogP contribution >= 0.6 is 0 Å². The first kappa shape index (κ1) is 21.9. The van der Waals surface area contributed by atoms with E-state index in [4.69, 9.17) is 4.74 Å².